The van der Waals surface area contributed by atoms with Crippen LogP contribution in [0.1, 0.15) is 17.5 Å². The maximum absolute atomic E-state index is 12.4. The van der Waals surface area contributed by atoms with E-state index < -0.39 is 21.6 Å². The molecule has 1 aromatic rings. The standard InChI is InChI=1S/C14H18F3NO2S/c15-14(16,17)13-5-3-12(4-6-13)2-1-7-18-8-10-21(19,20)11-9-18/h3-6H,1-2,7-11H2. The van der Waals surface area contributed by atoms with E-state index in [1.807, 2.05) is 0 Å². The van der Waals surface area contributed by atoms with Gasteiger partial charge >= 0.3 is 6.18 Å². The Hall–Kier alpha value is -1.08. The molecule has 1 aromatic carbocycles. The number of alkyl halides is 3. The molecule has 3 nitrogen and oxygen atoms in total. The van der Waals surface area contributed by atoms with Gasteiger partial charge in [0.25, 0.3) is 0 Å². The van der Waals surface area contributed by atoms with E-state index in [1.165, 1.54) is 12.1 Å². The van der Waals surface area contributed by atoms with E-state index in [1.54, 1.807) is 0 Å². The highest BCUT2D eigenvalue weighted by Gasteiger charge is 2.29. The number of benzene rings is 1. The smallest absolute Gasteiger partial charge is 0.301 e. The molecule has 0 aromatic heterocycles. The van der Waals surface area contributed by atoms with E-state index in [-0.39, 0.29) is 11.5 Å². The lowest BCUT2D eigenvalue weighted by Crippen LogP contribution is -2.40. The number of hydrogen-bond donors (Lipinski definition) is 0. The minimum absolute atomic E-state index is 0.202. The molecule has 1 aliphatic heterocycles. The fourth-order valence-corrected chi connectivity index (χ4v) is 3.62. The molecule has 21 heavy (non-hydrogen) atoms. The summed E-state index contributed by atoms with van der Waals surface area (Å²) in [4.78, 5) is 2.09. The van der Waals surface area contributed by atoms with Crippen LogP contribution >= 0.6 is 0 Å². The van der Waals surface area contributed by atoms with Crippen molar-refractivity contribution >= 4 is 9.84 Å². The van der Waals surface area contributed by atoms with Gasteiger partial charge in [-0.3, -0.25) is 0 Å². The Kier molecular flexibility index (Phi) is 4.93. The van der Waals surface area contributed by atoms with Gasteiger partial charge < -0.3 is 4.90 Å². The van der Waals surface area contributed by atoms with E-state index in [2.05, 4.69) is 4.90 Å². The van der Waals surface area contributed by atoms with Crippen LogP contribution in [0.2, 0.25) is 0 Å². The fraction of sp³-hybridized carbons (Fsp3) is 0.571. The molecule has 0 saturated carbocycles. The first kappa shape index (κ1) is 16.3. The second-order valence-electron chi connectivity index (χ2n) is 5.29. The van der Waals surface area contributed by atoms with Crippen molar-refractivity contribution in [2.45, 2.75) is 19.0 Å². The maximum Gasteiger partial charge on any atom is 0.416 e. The van der Waals surface area contributed by atoms with Gasteiger partial charge in [0.15, 0.2) is 9.84 Å². The highest BCUT2D eigenvalue weighted by atomic mass is 32.2. The molecule has 1 aliphatic rings. The number of sulfone groups is 1. The van der Waals surface area contributed by atoms with E-state index in [9.17, 15) is 21.6 Å². The van der Waals surface area contributed by atoms with Gasteiger partial charge in [0.1, 0.15) is 0 Å². The second-order valence-corrected chi connectivity index (χ2v) is 7.60. The Morgan fingerprint density at radius 2 is 1.62 bits per heavy atom. The van der Waals surface area contributed by atoms with Crippen LogP contribution in [0.3, 0.4) is 0 Å². The Bertz CT molecular complexity index is 553. The van der Waals surface area contributed by atoms with Crippen LogP contribution in [0.25, 0.3) is 0 Å². The van der Waals surface area contributed by atoms with Gasteiger partial charge in [-0.2, -0.15) is 13.2 Å². The molecular formula is C14H18F3NO2S. The SMILES string of the molecule is O=S1(=O)CCN(CCCc2ccc(C(F)(F)F)cc2)CC1. The second kappa shape index (κ2) is 6.36. The summed E-state index contributed by atoms with van der Waals surface area (Å²) < 4.78 is 59.8. The minimum atomic E-state index is -4.29. The predicted octanol–water partition coefficient (Wildman–Crippen LogP) is 2.37. The summed E-state index contributed by atoms with van der Waals surface area (Å²) in [5.74, 6) is 0.403. The highest BCUT2D eigenvalue weighted by molar-refractivity contribution is 7.91. The summed E-state index contributed by atoms with van der Waals surface area (Å²) in [5, 5.41) is 0. The van der Waals surface area contributed by atoms with Crippen LogP contribution in [0, 0.1) is 0 Å². The molecule has 0 amide bonds. The van der Waals surface area contributed by atoms with Crippen molar-refractivity contribution in [1.29, 1.82) is 0 Å². The number of aryl methyl sites for hydroxylation is 1. The Morgan fingerprint density at radius 1 is 1.05 bits per heavy atom. The summed E-state index contributed by atoms with van der Waals surface area (Å²) in [6.45, 7) is 1.88. The first-order valence-corrected chi connectivity index (χ1v) is 8.67. The van der Waals surface area contributed by atoms with Crippen LogP contribution in [0.4, 0.5) is 13.2 Å². The third-order valence-corrected chi connectivity index (χ3v) is 5.27. The van der Waals surface area contributed by atoms with Gasteiger partial charge in [-0.1, -0.05) is 12.1 Å². The van der Waals surface area contributed by atoms with Crippen LogP contribution in [0.15, 0.2) is 24.3 Å². The first-order valence-electron chi connectivity index (χ1n) is 6.85. The zero-order valence-electron chi connectivity index (χ0n) is 11.6. The van der Waals surface area contributed by atoms with E-state index in [0.717, 1.165) is 30.7 Å². The van der Waals surface area contributed by atoms with Crippen LogP contribution < -0.4 is 0 Å². The summed E-state index contributed by atoms with van der Waals surface area (Å²) in [5.41, 5.74) is 0.236. The number of rotatable bonds is 4. The average molecular weight is 321 g/mol. The molecule has 1 saturated heterocycles. The van der Waals surface area contributed by atoms with Crippen molar-refractivity contribution in [2.24, 2.45) is 0 Å². The molecular weight excluding hydrogens is 303 g/mol. The normalized spacial score (nSPS) is 19.6. The molecule has 0 unspecified atom stereocenters. The summed E-state index contributed by atoms with van der Waals surface area (Å²) in [7, 11) is -2.86. The highest BCUT2D eigenvalue weighted by Crippen LogP contribution is 2.29. The van der Waals surface area contributed by atoms with Gasteiger partial charge in [-0.05, 0) is 37.1 Å². The third kappa shape index (κ3) is 5.00. The van der Waals surface area contributed by atoms with Crippen molar-refractivity contribution in [3.63, 3.8) is 0 Å². The summed E-state index contributed by atoms with van der Waals surface area (Å²) >= 11 is 0. The van der Waals surface area contributed by atoms with Crippen molar-refractivity contribution < 1.29 is 21.6 Å². The van der Waals surface area contributed by atoms with Crippen LogP contribution in [-0.4, -0.2) is 44.5 Å². The van der Waals surface area contributed by atoms with Crippen molar-refractivity contribution in [2.75, 3.05) is 31.1 Å². The molecule has 118 valence electrons. The zero-order chi connectivity index (χ0) is 15.5. The molecule has 1 heterocycles. The fourth-order valence-electron chi connectivity index (χ4n) is 2.34. The van der Waals surface area contributed by atoms with Crippen molar-refractivity contribution in [1.82, 2.24) is 4.90 Å². The number of halogens is 3. The Morgan fingerprint density at radius 3 is 2.14 bits per heavy atom. The van der Waals surface area contributed by atoms with Gasteiger partial charge in [-0.15, -0.1) is 0 Å². The predicted molar refractivity (Wildman–Crippen MR) is 74.9 cm³/mol. The van der Waals surface area contributed by atoms with E-state index in [4.69, 9.17) is 0 Å². The quantitative estimate of drug-likeness (QED) is 0.854. The maximum atomic E-state index is 12.4. The summed E-state index contributed by atoms with van der Waals surface area (Å²) in [6, 6.07) is 5.21. The lowest BCUT2D eigenvalue weighted by molar-refractivity contribution is -0.137. The zero-order valence-corrected chi connectivity index (χ0v) is 12.4. The van der Waals surface area contributed by atoms with Gasteiger partial charge in [-0.25, -0.2) is 8.42 Å². The topological polar surface area (TPSA) is 37.4 Å². The van der Waals surface area contributed by atoms with E-state index >= 15 is 0 Å². The van der Waals surface area contributed by atoms with Gasteiger partial charge in [0, 0.05) is 13.1 Å². The average Bonchev–Trinajstić information content (AvgIpc) is 2.40. The first-order chi connectivity index (χ1) is 9.76. The van der Waals surface area contributed by atoms with Crippen LogP contribution in [0.5, 0.6) is 0 Å². The van der Waals surface area contributed by atoms with Crippen molar-refractivity contribution in [3.8, 4) is 0 Å². The van der Waals surface area contributed by atoms with Crippen LogP contribution in [-0.2, 0) is 22.4 Å². The molecule has 7 heteroatoms. The van der Waals surface area contributed by atoms with Crippen molar-refractivity contribution in [3.05, 3.63) is 35.4 Å². The summed E-state index contributed by atoms with van der Waals surface area (Å²) in [6.07, 6.45) is -2.79. The molecule has 0 bridgehead atoms. The monoisotopic (exact) mass is 321 g/mol. The number of hydrogen-bond acceptors (Lipinski definition) is 3. The third-order valence-electron chi connectivity index (χ3n) is 3.66. The number of nitrogens with zero attached hydrogens (tertiary/aromatic N) is 1. The molecule has 0 aliphatic carbocycles. The molecule has 0 radical (unpaired) electrons. The molecule has 1 fully saturated rings. The van der Waals surface area contributed by atoms with Gasteiger partial charge in [0.2, 0.25) is 0 Å². The van der Waals surface area contributed by atoms with Gasteiger partial charge in [0.05, 0.1) is 17.1 Å². The molecule has 0 N–H and O–H groups in total. The minimum Gasteiger partial charge on any atom is -0.301 e. The lowest BCUT2D eigenvalue weighted by Gasteiger charge is -2.26. The molecule has 2 rings (SSSR count). The van der Waals surface area contributed by atoms with E-state index in [0.29, 0.717) is 19.5 Å². The largest absolute Gasteiger partial charge is 0.416 e. The molecule has 0 spiro atoms. The lowest BCUT2D eigenvalue weighted by atomic mass is 10.1. The molecule has 0 atom stereocenters. The Labute approximate surface area is 122 Å². The Balaban J connectivity index is 1.76.